The van der Waals surface area contributed by atoms with Gasteiger partial charge in [-0.25, -0.2) is 0 Å². The molecule has 0 aromatic heterocycles. The molecule has 1 aliphatic heterocycles. The Kier molecular flexibility index (Phi) is 4.82. The third-order valence-corrected chi connectivity index (χ3v) is 7.80. The van der Waals surface area contributed by atoms with E-state index >= 15 is 0 Å². The highest BCUT2D eigenvalue weighted by Crippen LogP contribution is 2.51. The molecule has 2 unspecified atom stereocenters. The molecule has 3 N–H and O–H groups in total. The second kappa shape index (κ2) is 6.63. The topological polar surface area (TPSA) is 55.1 Å². The van der Waals surface area contributed by atoms with Crippen LogP contribution in [-0.2, 0) is 0 Å². The summed E-state index contributed by atoms with van der Waals surface area (Å²) in [7, 11) is 0. The average Bonchev–Trinajstić information content (AvgIpc) is 2.98. The number of rotatable bonds is 3. The van der Waals surface area contributed by atoms with Crippen molar-refractivity contribution in [1.82, 2.24) is 5.32 Å². The molecule has 2 aliphatic rings. The van der Waals surface area contributed by atoms with Crippen molar-refractivity contribution < 1.29 is 4.79 Å². The van der Waals surface area contributed by atoms with Crippen molar-refractivity contribution in [3.63, 3.8) is 0 Å². The van der Waals surface area contributed by atoms with Gasteiger partial charge in [-0.1, -0.05) is 31.0 Å². The zero-order chi connectivity index (χ0) is 14.7. The van der Waals surface area contributed by atoms with Crippen LogP contribution in [0.1, 0.15) is 36.0 Å². The van der Waals surface area contributed by atoms with E-state index in [9.17, 15) is 4.79 Å². The summed E-state index contributed by atoms with van der Waals surface area (Å²) >= 11 is 3.75. The molecule has 1 heterocycles. The monoisotopic (exact) mass is 322 g/mol. The van der Waals surface area contributed by atoms with Crippen LogP contribution in [0.25, 0.3) is 0 Å². The number of nitrogens with one attached hydrogen (secondary N) is 1. The molecule has 0 radical (unpaired) electrons. The Morgan fingerprint density at radius 1 is 1.14 bits per heavy atom. The quantitative estimate of drug-likeness (QED) is 0.898. The Labute approximate surface area is 134 Å². The molecule has 1 amide bonds. The van der Waals surface area contributed by atoms with Gasteiger partial charge in [0.05, 0.1) is 0 Å². The van der Waals surface area contributed by atoms with E-state index in [0.717, 1.165) is 29.9 Å². The fraction of sp³-hybridized carbons (Fsp3) is 0.562. The first kappa shape index (κ1) is 15.3. The third kappa shape index (κ3) is 3.25. The number of carbonyl (C=O) groups excluding carboxylic acids is 1. The minimum Gasteiger partial charge on any atom is -0.328 e. The minimum atomic E-state index is -0.229. The molecule has 1 aromatic rings. The van der Waals surface area contributed by atoms with Gasteiger partial charge in [-0.2, -0.15) is 0 Å². The van der Waals surface area contributed by atoms with Crippen LogP contribution >= 0.6 is 23.5 Å². The molecule has 1 aromatic carbocycles. The zero-order valence-corrected chi connectivity index (χ0v) is 13.7. The lowest BCUT2D eigenvalue weighted by atomic mass is 9.84. The van der Waals surface area contributed by atoms with E-state index in [1.165, 1.54) is 12.8 Å². The predicted octanol–water partition coefficient (Wildman–Crippen LogP) is 3.07. The van der Waals surface area contributed by atoms with E-state index in [0.29, 0.717) is 5.92 Å². The van der Waals surface area contributed by atoms with Gasteiger partial charge < -0.3 is 11.1 Å². The summed E-state index contributed by atoms with van der Waals surface area (Å²) in [4.78, 5) is 12.6. The second-order valence-electron chi connectivity index (χ2n) is 5.74. The van der Waals surface area contributed by atoms with Gasteiger partial charge in [-0.15, -0.1) is 23.5 Å². The van der Waals surface area contributed by atoms with Gasteiger partial charge in [0, 0.05) is 29.0 Å². The maximum Gasteiger partial charge on any atom is 0.253 e. The van der Waals surface area contributed by atoms with Crippen molar-refractivity contribution in [2.45, 2.75) is 35.9 Å². The van der Waals surface area contributed by atoms with E-state index in [-0.39, 0.29) is 16.2 Å². The number of nitrogens with two attached hydrogens (primary N) is 1. The zero-order valence-electron chi connectivity index (χ0n) is 12.1. The van der Waals surface area contributed by atoms with Crippen LogP contribution < -0.4 is 11.1 Å². The number of thioether (sulfide) groups is 2. The summed E-state index contributed by atoms with van der Waals surface area (Å²) < 4.78 is -0.229. The molecule has 1 saturated heterocycles. The van der Waals surface area contributed by atoms with E-state index in [1.807, 2.05) is 53.9 Å². The summed E-state index contributed by atoms with van der Waals surface area (Å²) in [5, 5.41) is 3.32. The molecule has 1 saturated carbocycles. The van der Waals surface area contributed by atoms with Crippen LogP contribution in [0.15, 0.2) is 30.3 Å². The maximum atomic E-state index is 12.6. The fourth-order valence-electron chi connectivity index (χ4n) is 3.26. The van der Waals surface area contributed by atoms with Crippen LogP contribution in [0.5, 0.6) is 0 Å². The van der Waals surface area contributed by atoms with Gasteiger partial charge in [-0.3, -0.25) is 4.79 Å². The van der Waals surface area contributed by atoms with E-state index in [1.54, 1.807) is 0 Å². The van der Waals surface area contributed by atoms with Gasteiger partial charge in [0.2, 0.25) is 0 Å². The van der Waals surface area contributed by atoms with Crippen molar-refractivity contribution in [1.29, 1.82) is 0 Å². The Balaban J connectivity index is 1.79. The molecule has 2 atom stereocenters. The predicted molar refractivity (Wildman–Crippen MR) is 91.5 cm³/mol. The summed E-state index contributed by atoms with van der Waals surface area (Å²) in [6, 6.07) is 9.68. The van der Waals surface area contributed by atoms with Crippen LogP contribution in [-0.4, -0.2) is 27.7 Å². The van der Waals surface area contributed by atoms with Crippen LogP contribution in [0, 0.1) is 5.92 Å². The van der Waals surface area contributed by atoms with E-state index < -0.39 is 0 Å². The second-order valence-corrected chi connectivity index (χ2v) is 8.68. The molecule has 114 valence electrons. The molecular formula is C16H22N2OS2. The summed E-state index contributed by atoms with van der Waals surface area (Å²) in [6.07, 6.45) is 4.64. The fourth-order valence-corrected chi connectivity index (χ4v) is 6.71. The Morgan fingerprint density at radius 2 is 1.81 bits per heavy atom. The van der Waals surface area contributed by atoms with Crippen LogP contribution in [0.3, 0.4) is 0 Å². The molecule has 3 nitrogen and oxygen atoms in total. The van der Waals surface area contributed by atoms with Crippen molar-refractivity contribution >= 4 is 29.4 Å². The highest BCUT2D eigenvalue weighted by Gasteiger charge is 2.47. The van der Waals surface area contributed by atoms with Crippen LogP contribution in [0.2, 0.25) is 0 Å². The Hall–Kier alpha value is -0.650. The first-order chi connectivity index (χ1) is 10.2. The van der Waals surface area contributed by atoms with Gasteiger partial charge in [0.15, 0.2) is 0 Å². The number of carbonyl (C=O) groups is 1. The largest absolute Gasteiger partial charge is 0.328 e. The lowest BCUT2D eigenvalue weighted by Gasteiger charge is -2.42. The molecule has 1 aliphatic carbocycles. The van der Waals surface area contributed by atoms with Crippen LogP contribution in [0.4, 0.5) is 0 Å². The van der Waals surface area contributed by atoms with Crippen molar-refractivity contribution in [2.75, 3.05) is 11.5 Å². The third-order valence-electron chi connectivity index (χ3n) is 4.35. The average molecular weight is 322 g/mol. The van der Waals surface area contributed by atoms with Crippen molar-refractivity contribution in [2.24, 2.45) is 11.7 Å². The maximum absolute atomic E-state index is 12.6. The van der Waals surface area contributed by atoms with Gasteiger partial charge in [-0.05, 0) is 25.0 Å². The highest BCUT2D eigenvalue weighted by molar-refractivity contribution is 8.21. The SMILES string of the molecule is NC1CCCCC1C1(NC(=O)c2ccccc2)SCCS1. The molecule has 3 rings (SSSR count). The summed E-state index contributed by atoms with van der Waals surface area (Å²) in [6.45, 7) is 0. The lowest BCUT2D eigenvalue weighted by Crippen LogP contribution is -2.54. The molecule has 21 heavy (non-hydrogen) atoms. The summed E-state index contributed by atoms with van der Waals surface area (Å²) in [5.74, 6) is 2.57. The first-order valence-electron chi connectivity index (χ1n) is 7.62. The smallest absolute Gasteiger partial charge is 0.253 e. The highest BCUT2D eigenvalue weighted by atomic mass is 32.2. The molecular weight excluding hydrogens is 300 g/mol. The molecule has 2 fully saturated rings. The molecule has 5 heteroatoms. The Morgan fingerprint density at radius 3 is 2.48 bits per heavy atom. The molecule has 0 spiro atoms. The van der Waals surface area contributed by atoms with Gasteiger partial charge >= 0.3 is 0 Å². The Bertz CT molecular complexity index is 488. The lowest BCUT2D eigenvalue weighted by molar-refractivity contribution is 0.0925. The minimum absolute atomic E-state index is 0.0234. The summed E-state index contributed by atoms with van der Waals surface area (Å²) in [5.41, 5.74) is 7.11. The number of amides is 1. The van der Waals surface area contributed by atoms with Crippen molar-refractivity contribution in [3.8, 4) is 0 Å². The van der Waals surface area contributed by atoms with E-state index in [2.05, 4.69) is 5.32 Å². The number of hydrogen-bond acceptors (Lipinski definition) is 4. The molecule has 0 bridgehead atoms. The number of hydrogen-bond donors (Lipinski definition) is 2. The van der Waals surface area contributed by atoms with Gasteiger partial charge in [0.1, 0.15) is 4.20 Å². The number of benzene rings is 1. The first-order valence-corrected chi connectivity index (χ1v) is 9.59. The van der Waals surface area contributed by atoms with Gasteiger partial charge in [0.25, 0.3) is 5.91 Å². The normalized spacial score (nSPS) is 28.2. The van der Waals surface area contributed by atoms with Crippen molar-refractivity contribution in [3.05, 3.63) is 35.9 Å². The standard InChI is InChI=1S/C16H22N2OS2/c17-14-9-5-4-8-13(14)16(20-10-11-21-16)18-15(19)12-6-2-1-3-7-12/h1-3,6-7,13-14H,4-5,8-11,17H2,(H,18,19). The van der Waals surface area contributed by atoms with E-state index in [4.69, 9.17) is 5.73 Å².